The normalized spacial score (nSPS) is 10.0. The molecule has 24 heavy (non-hydrogen) atoms. The molecule has 0 atom stereocenters. The maximum absolute atomic E-state index is 12.2. The number of rotatable bonds is 4. The highest BCUT2D eigenvalue weighted by atomic mass is 35.5. The van der Waals surface area contributed by atoms with Crippen LogP contribution in [0.4, 0.5) is 0 Å². The summed E-state index contributed by atoms with van der Waals surface area (Å²) >= 11 is 5.83. The number of methoxy groups -OCH3 is 2. The van der Waals surface area contributed by atoms with Gasteiger partial charge in [0.25, 0.3) is 11.8 Å². The molecule has 0 saturated heterocycles. The first kappa shape index (κ1) is 17.6. The summed E-state index contributed by atoms with van der Waals surface area (Å²) in [6.45, 7) is 1.82. The third-order valence-corrected chi connectivity index (χ3v) is 3.63. The Morgan fingerprint density at radius 1 is 0.917 bits per heavy atom. The molecular weight excluding hydrogens is 332 g/mol. The molecule has 2 aromatic rings. The Morgan fingerprint density at radius 3 is 1.96 bits per heavy atom. The van der Waals surface area contributed by atoms with Crippen LogP contribution in [0.5, 0.6) is 11.5 Å². The second kappa shape index (κ2) is 7.70. The van der Waals surface area contributed by atoms with Crippen molar-refractivity contribution in [2.75, 3.05) is 14.2 Å². The molecule has 126 valence electrons. The van der Waals surface area contributed by atoms with E-state index in [1.165, 1.54) is 20.3 Å². The van der Waals surface area contributed by atoms with Gasteiger partial charge in [0.15, 0.2) is 0 Å². The van der Waals surface area contributed by atoms with Crippen molar-refractivity contribution in [3.8, 4) is 11.5 Å². The number of nitrogens with one attached hydrogen (secondary N) is 2. The van der Waals surface area contributed by atoms with Crippen LogP contribution < -0.4 is 20.3 Å². The Kier molecular flexibility index (Phi) is 5.65. The minimum atomic E-state index is -0.498. The molecule has 0 aromatic heterocycles. The first-order chi connectivity index (χ1) is 11.5. The number of carbonyl (C=O) groups excluding carboxylic acids is 2. The van der Waals surface area contributed by atoms with Gasteiger partial charge in [-0.15, -0.1) is 0 Å². The molecule has 0 spiro atoms. The largest absolute Gasteiger partial charge is 0.496 e. The van der Waals surface area contributed by atoms with Gasteiger partial charge in [0, 0.05) is 21.7 Å². The predicted molar refractivity (Wildman–Crippen MR) is 90.7 cm³/mol. The van der Waals surface area contributed by atoms with Gasteiger partial charge in [-0.3, -0.25) is 20.4 Å². The summed E-state index contributed by atoms with van der Waals surface area (Å²) in [4.78, 5) is 24.2. The predicted octanol–water partition coefficient (Wildman–Crippen LogP) is 2.74. The first-order valence-electron chi connectivity index (χ1n) is 7.05. The van der Waals surface area contributed by atoms with Crippen LogP contribution in [0.25, 0.3) is 0 Å². The summed E-state index contributed by atoms with van der Waals surface area (Å²) in [5.41, 5.74) is 6.09. The SMILES string of the molecule is COc1cc(C(=O)NNC(=O)c2cccc(Cl)c2)cc(OC)c1C. The van der Waals surface area contributed by atoms with E-state index in [0.717, 1.165) is 5.56 Å². The van der Waals surface area contributed by atoms with Gasteiger partial charge in [0.05, 0.1) is 14.2 Å². The number of carbonyl (C=O) groups is 2. The Bertz CT molecular complexity index is 752. The van der Waals surface area contributed by atoms with Gasteiger partial charge >= 0.3 is 0 Å². The fraction of sp³-hybridized carbons (Fsp3) is 0.176. The van der Waals surface area contributed by atoms with E-state index in [1.807, 2.05) is 6.92 Å². The molecule has 0 unspecified atom stereocenters. The van der Waals surface area contributed by atoms with Crippen molar-refractivity contribution in [1.82, 2.24) is 10.9 Å². The molecule has 0 saturated carbocycles. The molecule has 0 bridgehead atoms. The van der Waals surface area contributed by atoms with E-state index in [1.54, 1.807) is 30.3 Å². The van der Waals surface area contributed by atoms with E-state index < -0.39 is 11.8 Å². The number of hydrogen-bond donors (Lipinski definition) is 2. The van der Waals surface area contributed by atoms with Crippen LogP contribution in [0.3, 0.4) is 0 Å². The zero-order valence-electron chi connectivity index (χ0n) is 13.5. The van der Waals surface area contributed by atoms with Gasteiger partial charge in [-0.25, -0.2) is 0 Å². The van der Waals surface area contributed by atoms with Crippen LogP contribution in [-0.2, 0) is 0 Å². The zero-order valence-corrected chi connectivity index (χ0v) is 14.2. The maximum Gasteiger partial charge on any atom is 0.269 e. The highest BCUT2D eigenvalue weighted by Crippen LogP contribution is 2.29. The van der Waals surface area contributed by atoms with Crippen molar-refractivity contribution >= 4 is 23.4 Å². The second-order valence-corrected chi connectivity index (χ2v) is 5.36. The Hall–Kier alpha value is -2.73. The number of halogens is 1. The molecule has 0 radical (unpaired) electrons. The number of hydrazine groups is 1. The van der Waals surface area contributed by atoms with E-state index in [-0.39, 0.29) is 0 Å². The van der Waals surface area contributed by atoms with Gasteiger partial charge in [-0.2, -0.15) is 0 Å². The van der Waals surface area contributed by atoms with Crippen molar-refractivity contribution in [3.63, 3.8) is 0 Å². The highest BCUT2D eigenvalue weighted by Gasteiger charge is 2.14. The molecule has 0 aliphatic heterocycles. The molecule has 6 nitrogen and oxygen atoms in total. The lowest BCUT2D eigenvalue weighted by atomic mass is 10.1. The molecule has 7 heteroatoms. The van der Waals surface area contributed by atoms with Gasteiger partial charge in [-0.1, -0.05) is 17.7 Å². The minimum absolute atomic E-state index is 0.292. The van der Waals surface area contributed by atoms with Gasteiger partial charge in [0.1, 0.15) is 11.5 Å². The lowest BCUT2D eigenvalue weighted by Crippen LogP contribution is -2.41. The standard InChI is InChI=1S/C17H17ClN2O4/c1-10-14(23-2)8-12(9-15(10)24-3)17(22)20-19-16(21)11-5-4-6-13(18)7-11/h4-9H,1-3H3,(H,19,21)(H,20,22). The molecule has 2 amide bonds. The van der Waals surface area contributed by atoms with Gasteiger partial charge < -0.3 is 9.47 Å². The Morgan fingerprint density at radius 2 is 1.46 bits per heavy atom. The van der Waals surface area contributed by atoms with E-state index in [0.29, 0.717) is 27.6 Å². The molecule has 0 heterocycles. The average molecular weight is 349 g/mol. The minimum Gasteiger partial charge on any atom is -0.496 e. The topological polar surface area (TPSA) is 76.7 Å². The summed E-state index contributed by atoms with van der Waals surface area (Å²) in [6, 6.07) is 9.53. The molecule has 2 aromatic carbocycles. The number of ether oxygens (including phenoxy) is 2. The lowest BCUT2D eigenvalue weighted by molar-refractivity contribution is 0.0846. The third-order valence-electron chi connectivity index (χ3n) is 3.39. The van der Waals surface area contributed by atoms with E-state index in [2.05, 4.69) is 10.9 Å². The van der Waals surface area contributed by atoms with Crippen molar-refractivity contribution in [3.05, 3.63) is 58.1 Å². The van der Waals surface area contributed by atoms with Crippen LogP contribution in [0.1, 0.15) is 26.3 Å². The smallest absolute Gasteiger partial charge is 0.269 e. The van der Waals surface area contributed by atoms with Crippen molar-refractivity contribution in [2.45, 2.75) is 6.92 Å². The molecule has 0 aliphatic rings. The van der Waals surface area contributed by atoms with E-state index >= 15 is 0 Å². The fourth-order valence-corrected chi connectivity index (χ4v) is 2.30. The second-order valence-electron chi connectivity index (χ2n) is 4.92. The Balaban J connectivity index is 2.11. The van der Waals surface area contributed by atoms with Gasteiger partial charge in [-0.05, 0) is 37.3 Å². The molecule has 2 N–H and O–H groups in total. The van der Waals surface area contributed by atoms with Crippen LogP contribution in [-0.4, -0.2) is 26.0 Å². The number of hydrogen-bond acceptors (Lipinski definition) is 4. The van der Waals surface area contributed by atoms with Crippen LogP contribution in [0.2, 0.25) is 5.02 Å². The lowest BCUT2D eigenvalue weighted by Gasteiger charge is -2.13. The van der Waals surface area contributed by atoms with Crippen molar-refractivity contribution < 1.29 is 19.1 Å². The summed E-state index contributed by atoms with van der Waals surface area (Å²) in [7, 11) is 3.01. The van der Waals surface area contributed by atoms with E-state index in [4.69, 9.17) is 21.1 Å². The zero-order chi connectivity index (χ0) is 17.7. The van der Waals surface area contributed by atoms with E-state index in [9.17, 15) is 9.59 Å². The molecule has 0 fully saturated rings. The number of amides is 2. The van der Waals surface area contributed by atoms with Crippen LogP contribution in [0.15, 0.2) is 36.4 Å². The van der Waals surface area contributed by atoms with Crippen molar-refractivity contribution in [1.29, 1.82) is 0 Å². The average Bonchev–Trinajstić information content (AvgIpc) is 2.59. The van der Waals surface area contributed by atoms with Crippen molar-refractivity contribution in [2.24, 2.45) is 0 Å². The summed E-state index contributed by atoms with van der Waals surface area (Å²) < 4.78 is 10.4. The molecule has 2 rings (SSSR count). The summed E-state index contributed by atoms with van der Waals surface area (Å²) in [5, 5.41) is 0.432. The monoisotopic (exact) mass is 348 g/mol. The first-order valence-corrected chi connectivity index (χ1v) is 7.43. The maximum atomic E-state index is 12.2. The van der Waals surface area contributed by atoms with Crippen LogP contribution in [0, 0.1) is 6.92 Å². The Labute approximate surface area is 144 Å². The summed E-state index contributed by atoms with van der Waals surface area (Å²) in [5.74, 6) is 0.0557. The molecular formula is C17H17ClN2O4. The molecule has 0 aliphatic carbocycles. The van der Waals surface area contributed by atoms with Crippen LogP contribution >= 0.6 is 11.6 Å². The summed E-state index contributed by atoms with van der Waals surface area (Å²) in [6.07, 6.45) is 0. The third kappa shape index (κ3) is 3.97. The highest BCUT2D eigenvalue weighted by molar-refractivity contribution is 6.30. The fourth-order valence-electron chi connectivity index (χ4n) is 2.10. The quantitative estimate of drug-likeness (QED) is 0.833. The van der Waals surface area contributed by atoms with Gasteiger partial charge in [0.2, 0.25) is 0 Å². The number of benzene rings is 2.